The van der Waals surface area contributed by atoms with Crippen LogP contribution in [-0.2, 0) is 9.53 Å². The number of carbonyl (C=O) groups excluding carboxylic acids is 1. The van der Waals surface area contributed by atoms with Gasteiger partial charge in [0.1, 0.15) is 12.1 Å². The van der Waals surface area contributed by atoms with E-state index in [9.17, 15) is 14.7 Å². The Morgan fingerprint density at radius 3 is 2.72 bits per heavy atom. The van der Waals surface area contributed by atoms with E-state index < -0.39 is 12.0 Å². The molecule has 1 aromatic carbocycles. The molecule has 132 valence electrons. The first-order chi connectivity index (χ1) is 12.1. The number of hydrogen-bond donors (Lipinski definition) is 2. The van der Waals surface area contributed by atoms with E-state index in [4.69, 9.17) is 4.74 Å². The van der Waals surface area contributed by atoms with Crippen molar-refractivity contribution in [2.24, 2.45) is 5.92 Å². The lowest BCUT2D eigenvalue weighted by molar-refractivity contribution is -0.139. The minimum absolute atomic E-state index is 0.00499. The number of allylic oxidation sites excluding steroid dienone is 2. The molecule has 5 nitrogen and oxygen atoms in total. The second kappa shape index (κ2) is 6.54. The van der Waals surface area contributed by atoms with Crippen LogP contribution < -0.4 is 5.32 Å². The summed E-state index contributed by atoms with van der Waals surface area (Å²) >= 11 is 0. The summed E-state index contributed by atoms with van der Waals surface area (Å²) in [5.41, 5.74) is 2.35. The SMILES string of the molecule is O=C(OC1CCCCC1)c1ccc2c(c1)[C@@H]1C=CC[C@H]1[C@@H](C(=O)O)N2. The number of anilines is 1. The molecule has 0 aromatic heterocycles. The minimum atomic E-state index is -0.829. The summed E-state index contributed by atoms with van der Waals surface area (Å²) in [7, 11) is 0. The molecule has 0 amide bonds. The molecule has 4 rings (SSSR count). The minimum Gasteiger partial charge on any atom is -0.480 e. The van der Waals surface area contributed by atoms with Crippen LogP contribution in [0.5, 0.6) is 0 Å². The Kier molecular flexibility index (Phi) is 4.24. The third kappa shape index (κ3) is 3.03. The molecule has 1 aromatic rings. The maximum atomic E-state index is 12.5. The number of aliphatic carboxylic acids is 1. The van der Waals surface area contributed by atoms with E-state index in [1.807, 2.05) is 18.2 Å². The zero-order valence-electron chi connectivity index (χ0n) is 14.1. The van der Waals surface area contributed by atoms with Gasteiger partial charge in [-0.2, -0.15) is 0 Å². The fraction of sp³-hybridized carbons (Fsp3) is 0.500. The van der Waals surface area contributed by atoms with E-state index in [0.717, 1.165) is 43.4 Å². The fourth-order valence-corrected chi connectivity index (χ4v) is 4.37. The normalized spacial score (nSPS) is 27.9. The summed E-state index contributed by atoms with van der Waals surface area (Å²) in [6.45, 7) is 0. The number of rotatable bonds is 3. The van der Waals surface area contributed by atoms with Crippen molar-refractivity contribution in [1.82, 2.24) is 0 Å². The third-order valence-corrected chi connectivity index (χ3v) is 5.69. The van der Waals surface area contributed by atoms with Gasteiger partial charge in [-0.25, -0.2) is 9.59 Å². The summed E-state index contributed by atoms with van der Waals surface area (Å²) in [4.78, 5) is 24.0. The van der Waals surface area contributed by atoms with Gasteiger partial charge in [0, 0.05) is 17.5 Å². The number of nitrogens with one attached hydrogen (secondary N) is 1. The molecular formula is C20H23NO4. The predicted octanol–water partition coefficient (Wildman–Crippen LogP) is 3.71. The van der Waals surface area contributed by atoms with Gasteiger partial charge in [0.05, 0.1) is 5.56 Å². The second-order valence-electron chi connectivity index (χ2n) is 7.28. The maximum absolute atomic E-state index is 12.5. The van der Waals surface area contributed by atoms with E-state index in [-0.39, 0.29) is 23.9 Å². The van der Waals surface area contributed by atoms with E-state index in [1.165, 1.54) is 6.42 Å². The Labute approximate surface area is 147 Å². The molecule has 0 unspecified atom stereocenters. The van der Waals surface area contributed by atoms with E-state index in [0.29, 0.717) is 5.56 Å². The Morgan fingerprint density at radius 1 is 1.16 bits per heavy atom. The van der Waals surface area contributed by atoms with Crippen LogP contribution in [0.25, 0.3) is 0 Å². The average Bonchev–Trinajstić information content (AvgIpc) is 3.11. The number of esters is 1. The first-order valence-electron chi connectivity index (χ1n) is 9.14. The van der Waals surface area contributed by atoms with Crippen LogP contribution in [-0.4, -0.2) is 29.2 Å². The van der Waals surface area contributed by atoms with Crippen LogP contribution in [0.3, 0.4) is 0 Å². The van der Waals surface area contributed by atoms with Crippen LogP contribution in [0, 0.1) is 5.92 Å². The number of carbonyl (C=O) groups is 2. The number of carboxylic acids is 1. The van der Waals surface area contributed by atoms with Gasteiger partial charge >= 0.3 is 11.9 Å². The lowest BCUT2D eigenvalue weighted by Crippen LogP contribution is -2.41. The van der Waals surface area contributed by atoms with Gasteiger partial charge in [0.25, 0.3) is 0 Å². The number of carboxylic acid groups (broad SMARTS) is 1. The highest BCUT2D eigenvalue weighted by Gasteiger charge is 2.41. The Bertz CT molecular complexity index is 720. The topological polar surface area (TPSA) is 75.6 Å². The van der Waals surface area contributed by atoms with Gasteiger partial charge in [0.15, 0.2) is 0 Å². The lowest BCUT2D eigenvalue weighted by atomic mass is 9.79. The zero-order chi connectivity index (χ0) is 17.4. The van der Waals surface area contributed by atoms with Crippen molar-refractivity contribution in [2.75, 3.05) is 5.32 Å². The highest BCUT2D eigenvalue weighted by molar-refractivity contribution is 5.91. The Balaban J connectivity index is 1.57. The molecule has 0 radical (unpaired) electrons. The second-order valence-corrected chi connectivity index (χ2v) is 7.28. The van der Waals surface area contributed by atoms with Gasteiger partial charge in [0.2, 0.25) is 0 Å². The number of benzene rings is 1. The first kappa shape index (κ1) is 16.2. The van der Waals surface area contributed by atoms with Gasteiger partial charge in [-0.1, -0.05) is 18.6 Å². The van der Waals surface area contributed by atoms with Crippen molar-refractivity contribution in [2.45, 2.75) is 56.6 Å². The summed E-state index contributed by atoms with van der Waals surface area (Å²) in [6, 6.07) is 4.83. The van der Waals surface area contributed by atoms with Crippen molar-refractivity contribution in [3.05, 3.63) is 41.5 Å². The Hall–Kier alpha value is -2.30. The summed E-state index contributed by atoms with van der Waals surface area (Å²) in [5.74, 6) is -1.06. The molecule has 3 aliphatic rings. The summed E-state index contributed by atoms with van der Waals surface area (Å²) < 4.78 is 5.67. The van der Waals surface area contributed by atoms with Crippen molar-refractivity contribution in [3.63, 3.8) is 0 Å². The third-order valence-electron chi connectivity index (χ3n) is 5.69. The predicted molar refractivity (Wildman–Crippen MR) is 93.8 cm³/mol. The van der Waals surface area contributed by atoms with Crippen molar-refractivity contribution in [3.8, 4) is 0 Å². The molecular weight excluding hydrogens is 318 g/mol. The molecule has 2 aliphatic carbocycles. The molecule has 5 heteroatoms. The quantitative estimate of drug-likeness (QED) is 0.647. The standard InChI is InChI=1S/C20H23NO4/c22-19(23)18-15-8-4-7-14(15)16-11-12(9-10-17(16)21-18)20(24)25-13-5-2-1-3-6-13/h4,7,9-11,13-15,18,21H,1-3,5-6,8H2,(H,22,23)/t14-,15-,18+/m1/s1. The van der Waals surface area contributed by atoms with Crippen LogP contribution in [0.1, 0.15) is 60.4 Å². The number of hydrogen-bond acceptors (Lipinski definition) is 4. The number of ether oxygens (including phenoxy) is 1. The van der Waals surface area contributed by atoms with E-state index in [1.54, 1.807) is 6.07 Å². The Morgan fingerprint density at radius 2 is 1.96 bits per heavy atom. The molecule has 2 N–H and O–H groups in total. The van der Waals surface area contributed by atoms with Crippen LogP contribution in [0.2, 0.25) is 0 Å². The fourth-order valence-electron chi connectivity index (χ4n) is 4.37. The molecule has 0 saturated heterocycles. The van der Waals surface area contributed by atoms with E-state index >= 15 is 0 Å². The van der Waals surface area contributed by atoms with Gasteiger partial charge in [-0.05, 0) is 55.9 Å². The summed E-state index contributed by atoms with van der Waals surface area (Å²) in [6.07, 6.45) is 10.2. The zero-order valence-corrected chi connectivity index (χ0v) is 14.1. The largest absolute Gasteiger partial charge is 0.480 e. The molecule has 1 heterocycles. The van der Waals surface area contributed by atoms with Crippen molar-refractivity contribution >= 4 is 17.6 Å². The van der Waals surface area contributed by atoms with Crippen molar-refractivity contribution < 1.29 is 19.4 Å². The van der Waals surface area contributed by atoms with Gasteiger partial charge < -0.3 is 15.2 Å². The van der Waals surface area contributed by atoms with Crippen LogP contribution >= 0.6 is 0 Å². The average molecular weight is 341 g/mol. The number of fused-ring (bicyclic) bond motifs is 3. The highest BCUT2D eigenvalue weighted by Crippen LogP contribution is 2.44. The lowest BCUT2D eigenvalue weighted by Gasteiger charge is -2.35. The van der Waals surface area contributed by atoms with E-state index in [2.05, 4.69) is 11.4 Å². The van der Waals surface area contributed by atoms with Gasteiger partial charge in [-0.3, -0.25) is 0 Å². The van der Waals surface area contributed by atoms with Crippen molar-refractivity contribution in [1.29, 1.82) is 0 Å². The molecule has 25 heavy (non-hydrogen) atoms. The molecule has 1 aliphatic heterocycles. The smallest absolute Gasteiger partial charge is 0.338 e. The molecule has 0 bridgehead atoms. The molecule has 1 fully saturated rings. The van der Waals surface area contributed by atoms with Crippen LogP contribution in [0.4, 0.5) is 5.69 Å². The molecule has 3 atom stereocenters. The molecule has 0 spiro atoms. The monoisotopic (exact) mass is 341 g/mol. The maximum Gasteiger partial charge on any atom is 0.338 e. The van der Waals surface area contributed by atoms with Gasteiger partial charge in [-0.15, -0.1) is 0 Å². The first-order valence-corrected chi connectivity index (χ1v) is 9.14. The summed E-state index contributed by atoms with van der Waals surface area (Å²) in [5, 5.41) is 12.6. The highest BCUT2D eigenvalue weighted by atomic mass is 16.5. The molecule has 1 saturated carbocycles. The van der Waals surface area contributed by atoms with Crippen LogP contribution in [0.15, 0.2) is 30.4 Å².